The fourth-order valence-corrected chi connectivity index (χ4v) is 3.90. The van der Waals surface area contributed by atoms with E-state index >= 15 is 0 Å². The molecule has 2 aliphatic carbocycles. The third-order valence-corrected chi connectivity index (χ3v) is 5.16. The number of hydrogen-bond acceptors (Lipinski definition) is 3. The summed E-state index contributed by atoms with van der Waals surface area (Å²) in [7, 11) is 3.85. The zero-order valence-electron chi connectivity index (χ0n) is 12.0. The summed E-state index contributed by atoms with van der Waals surface area (Å²) in [6.07, 6.45) is 8.37. The van der Waals surface area contributed by atoms with E-state index < -0.39 is 0 Å². The predicted molar refractivity (Wildman–Crippen MR) is 70.8 cm³/mol. The van der Waals surface area contributed by atoms with Gasteiger partial charge in [-0.1, -0.05) is 6.92 Å². The van der Waals surface area contributed by atoms with Crippen molar-refractivity contribution in [3.63, 3.8) is 0 Å². The fraction of sp³-hybridized carbons (Fsp3) is 1.00. The van der Waals surface area contributed by atoms with E-state index in [0.29, 0.717) is 6.10 Å². The van der Waals surface area contributed by atoms with E-state index in [-0.39, 0.29) is 6.29 Å². The van der Waals surface area contributed by atoms with Gasteiger partial charge in [-0.15, -0.1) is 0 Å². The molecule has 6 unspecified atom stereocenters. The topological polar surface area (TPSA) is 21.7 Å². The molecule has 0 N–H and O–H groups in total. The lowest BCUT2D eigenvalue weighted by atomic mass is 9.68. The van der Waals surface area contributed by atoms with Crippen LogP contribution in [0.25, 0.3) is 0 Å². The Morgan fingerprint density at radius 3 is 2.44 bits per heavy atom. The minimum Gasteiger partial charge on any atom is -0.348 e. The molecule has 0 spiro atoms. The molecule has 0 radical (unpaired) electrons. The van der Waals surface area contributed by atoms with Crippen LogP contribution in [0.1, 0.15) is 45.4 Å². The van der Waals surface area contributed by atoms with Crippen LogP contribution in [0.3, 0.4) is 0 Å². The summed E-state index contributed by atoms with van der Waals surface area (Å²) in [6, 6.07) is 0. The van der Waals surface area contributed by atoms with Gasteiger partial charge in [-0.25, -0.2) is 0 Å². The molecule has 6 atom stereocenters. The van der Waals surface area contributed by atoms with E-state index in [1.54, 1.807) is 5.06 Å². The molecule has 1 aliphatic heterocycles. The highest BCUT2D eigenvalue weighted by atomic mass is 16.8. The molecule has 1 heterocycles. The molecule has 3 heteroatoms. The molecule has 3 aliphatic rings. The number of nitrogens with zero attached hydrogens (tertiary/aromatic N) is 1. The minimum atomic E-state index is 0.00313. The lowest BCUT2D eigenvalue weighted by Crippen LogP contribution is -2.32. The molecule has 0 aromatic rings. The highest BCUT2D eigenvalue weighted by Crippen LogP contribution is 2.55. The van der Waals surface area contributed by atoms with Crippen molar-refractivity contribution < 1.29 is 9.57 Å². The fourth-order valence-electron chi connectivity index (χ4n) is 3.90. The van der Waals surface area contributed by atoms with Crippen molar-refractivity contribution in [2.24, 2.45) is 23.7 Å². The van der Waals surface area contributed by atoms with Gasteiger partial charge in [0.2, 0.25) is 0 Å². The number of rotatable bonds is 5. The van der Waals surface area contributed by atoms with Crippen LogP contribution in [0, 0.1) is 23.7 Å². The zero-order valence-corrected chi connectivity index (χ0v) is 12.0. The van der Waals surface area contributed by atoms with Crippen molar-refractivity contribution in [1.82, 2.24) is 5.06 Å². The predicted octanol–water partition coefficient (Wildman–Crippen LogP) is 3.06. The lowest BCUT2D eigenvalue weighted by Gasteiger charge is -2.38. The van der Waals surface area contributed by atoms with Gasteiger partial charge in [-0.05, 0) is 55.8 Å². The van der Waals surface area contributed by atoms with Crippen molar-refractivity contribution in [1.29, 1.82) is 0 Å². The average molecular weight is 253 g/mol. The van der Waals surface area contributed by atoms with Crippen LogP contribution >= 0.6 is 0 Å². The van der Waals surface area contributed by atoms with Gasteiger partial charge in [0.05, 0.1) is 6.10 Å². The van der Waals surface area contributed by atoms with Gasteiger partial charge in [0.25, 0.3) is 0 Å². The van der Waals surface area contributed by atoms with Crippen molar-refractivity contribution in [2.75, 3.05) is 14.1 Å². The summed E-state index contributed by atoms with van der Waals surface area (Å²) in [5, 5.41) is 1.76. The van der Waals surface area contributed by atoms with Gasteiger partial charge in [-0.2, -0.15) is 5.06 Å². The summed E-state index contributed by atoms with van der Waals surface area (Å²) in [5.74, 6) is 4.03. The minimum absolute atomic E-state index is 0.00313. The molecular formula is C15H27NO2. The first-order chi connectivity index (χ1) is 8.63. The monoisotopic (exact) mass is 253 g/mol. The molecule has 3 fully saturated rings. The molecule has 0 amide bonds. The van der Waals surface area contributed by atoms with E-state index in [4.69, 9.17) is 9.57 Å². The normalized spacial score (nSPS) is 47.3. The maximum Gasteiger partial charge on any atom is 0.177 e. The Bertz CT molecular complexity index is 294. The quantitative estimate of drug-likeness (QED) is 0.703. The van der Waals surface area contributed by atoms with Gasteiger partial charge < -0.3 is 4.74 Å². The van der Waals surface area contributed by atoms with Crippen LogP contribution in [0.5, 0.6) is 0 Å². The van der Waals surface area contributed by atoms with Crippen LogP contribution in [-0.2, 0) is 9.57 Å². The van der Waals surface area contributed by atoms with E-state index in [0.717, 1.165) is 30.1 Å². The summed E-state index contributed by atoms with van der Waals surface area (Å²) < 4.78 is 5.99. The third kappa shape index (κ3) is 2.73. The van der Waals surface area contributed by atoms with Crippen LogP contribution in [-0.4, -0.2) is 31.6 Å². The zero-order chi connectivity index (χ0) is 12.7. The highest BCUT2D eigenvalue weighted by Gasteiger charge is 2.47. The summed E-state index contributed by atoms with van der Waals surface area (Å²) in [6.45, 7) is 2.41. The molecular weight excluding hydrogens is 226 g/mol. The second kappa shape index (κ2) is 5.10. The van der Waals surface area contributed by atoms with E-state index in [1.807, 2.05) is 14.1 Å². The van der Waals surface area contributed by atoms with Gasteiger partial charge in [0.1, 0.15) is 0 Å². The number of hydroxylamine groups is 2. The van der Waals surface area contributed by atoms with Crippen LogP contribution < -0.4 is 0 Å². The SMILES string of the molecule is CC1CC1C1CCC1CC1CCC(ON(C)C)O1. The maximum atomic E-state index is 5.99. The first-order valence-corrected chi connectivity index (χ1v) is 7.63. The van der Waals surface area contributed by atoms with Crippen LogP contribution in [0.15, 0.2) is 0 Å². The molecule has 18 heavy (non-hydrogen) atoms. The van der Waals surface area contributed by atoms with Crippen molar-refractivity contribution in [3.05, 3.63) is 0 Å². The Hall–Kier alpha value is -0.120. The van der Waals surface area contributed by atoms with Crippen molar-refractivity contribution in [2.45, 2.75) is 57.8 Å². The maximum absolute atomic E-state index is 5.99. The molecule has 0 aromatic heterocycles. The van der Waals surface area contributed by atoms with Crippen LogP contribution in [0.2, 0.25) is 0 Å². The Kier molecular flexibility index (Phi) is 3.65. The second-order valence-corrected chi connectivity index (χ2v) is 6.80. The summed E-state index contributed by atoms with van der Waals surface area (Å²) in [5.41, 5.74) is 0. The van der Waals surface area contributed by atoms with E-state index in [9.17, 15) is 0 Å². The molecule has 104 valence electrons. The standard InChI is InChI=1S/C15H27NO2/c1-10-8-14(10)13-6-4-11(13)9-12-5-7-15(17-12)18-16(2)3/h10-15H,4-9H2,1-3H3. The number of hydrogen-bond donors (Lipinski definition) is 0. The van der Waals surface area contributed by atoms with E-state index in [1.165, 1.54) is 32.1 Å². The van der Waals surface area contributed by atoms with Crippen molar-refractivity contribution >= 4 is 0 Å². The third-order valence-electron chi connectivity index (χ3n) is 5.16. The summed E-state index contributed by atoms with van der Waals surface area (Å²) in [4.78, 5) is 5.59. The van der Waals surface area contributed by atoms with Crippen molar-refractivity contribution in [3.8, 4) is 0 Å². The first kappa shape index (κ1) is 12.9. The highest BCUT2D eigenvalue weighted by molar-refractivity contribution is 4.97. The first-order valence-electron chi connectivity index (χ1n) is 7.63. The molecule has 0 aromatic carbocycles. The Labute approximate surface area is 111 Å². The molecule has 1 saturated heterocycles. The molecule has 3 rings (SSSR count). The smallest absolute Gasteiger partial charge is 0.177 e. The lowest BCUT2D eigenvalue weighted by molar-refractivity contribution is -0.254. The Morgan fingerprint density at radius 1 is 1.11 bits per heavy atom. The molecule has 2 saturated carbocycles. The van der Waals surface area contributed by atoms with E-state index in [2.05, 4.69) is 6.92 Å². The molecule has 0 bridgehead atoms. The second-order valence-electron chi connectivity index (χ2n) is 6.80. The Balaban J connectivity index is 1.41. The molecule has 3 nitrogen and oxygen atoms in total. The van der Waals surface area contributed by atoms with Gasteiger partial charge in [0.15, 0.2) is 6.29 Å². The van der Waals surface area contributed by atoms with Crippen LogP contribution in [0.4, 0.5) is 0 Å². The largest absolute Gasteiger partial charge is 0.348 e. The Morgan fingerprint density at radius 2 is 1.89 bits per heavy atom. The van der Waals surface area contributed by atoms with Gasteiger partial charge in [0, 0.05) is 20.5 Å². The average Bonchev–Trinajstić information content (AvgIpc) is 2.79. The van der Waals surface area contributed by atoms with Gasteiger partial charge >= 0.3 is 0 Å². The van der Waals surface area contributed by atoms with Gasteiger partial charge in [-0.3, -0.25) is 4.84 Å². The number of ether oxygens (including phenoxy) is 1. The summed E-state index contributed by atoms with van der Waals surface area (Å²) >= 11 is 0.